The van der Waals surface area contributed by atoms with E-state index in [0.717, 1.165) is 16.7 Å². The third kappa shape index (κ3) is 3.86. The highest BCUT2D eigenvalue weighted by molar-refractivity contribution is 6.17. The summed E-state index contributed by atoms with van der Waals surface area (Å²) >= 11 is 0. The van der Waals surface area contributed by atoms with E-state index in [9.17, 15) is 14.9 Å². The number of aromatic amines is 1. The average molecular weight is 470 g/mol. The van der Waals surface area contributed by atoms with Crippen LogP contribution in [0.25, 0.3) is 16.9 Å². The van der Waals surface area contributed by atoms with Gasteiger partial charge < -0.3 is 9.47 Å². The van der Waals surface area contributed by atoms with Crippen molar-refractivity contribution in [2.24, 2.45) is 4.99 Å². The lowest BCUT2D eigenvalue weighted by atomic mass is 9.91. The number of rotatable bonds is 6. The second-order valence-corrected chi connectivity index (χ2v) is 7.99. The van der Waals surface area contributed by atoms with E-state index < -0.39 is 4.92 Å². The van der Waals surface area contributed by atoms with E-state index in [0.29, 0.717) is 47.1 Å². The van der Waals surface area contributed by atoms with E-state index in [-0.39, 0.29) is 11.2 Å². The van der Waals surface area contributed by atoms with Crippen LogP contribution >= 0.6 is 0 Å². The fraction of sp³-hybridized carbons (Fsp3) is 0.154. The molecule has 35 heavy (non-hydrogen) atoms. The Morgan fingerprint density at radius 1 is 1.00 bits per heavy atom. The van der Waals surface area contributed by atoms with E-state index >= 15 is 0 Å². The van der Waals surface area contributed by atoms with Crippen molar-refractivity contribution in [1.82, 2.24) is 9.78 Å². The molecule has 5 rings (SSSR count). The number of hydrogen-bond donors (Lipinski definition) is 1. The summed E-state index contributed by atoms with van der Waals surface area (Å²) in [6.45, 7) is 0.522. The number of nitro groups is 1. The predicted molar refractivity (Wildman–Crippen MR) is 132 cm³/mol. The number of ether oxygens (including phenoxy) is 2. The van der Waals surface area contributed by atoms with E-state index in [1.165, 1.54) is 16.8 Å². The fourth-order valence-corrected chi connectivity index (χ4v) is 4.31. The topological polar surface area (TPSA) is 112 Å². The van der Waals surface area contributed by atoms with Crippen molar-refractivity contribution in [1.29, 1.82) is 0 Å². The molecule has 0 atom stereocenters. The van der Waals surface area contributed by atoms with Gasteiger partial charge in [-0.15, -0.1) is 0 Å². The lowest BCUT2D eigenvalue weighted by Crippen LogP contribution is -2.24. The second-order valence-electron chi connectivity index (χ2n) is 7.99. The molecule has 4 aromatic rings. The maximum absolute atomic E-state index is 13.8. The van der Waals surface area contributed by atoms with Crippen LogP contribution in [-0.2, 0) is 6.42 Å². The Kier molecular flexibility index (Phi) is 5.66. The van der Waals surface area contributed by atoms with Gasteiger partial charge >= 0.3 is 0 Å². The highest BCUT2D eigenvalue weighted by Crippen LogP contribution is 2.35. The van der Waals surface area contributed by atoms with Crippen molar-refractivity contribution in [2.45, 2.75) is 6.42 Å². The standard InChI is InChI=1S/C26H22N4O5/c1-34-21-14-17-12-13-27-25(20(17)15-22(21)35-2)23-24(16-6-4-3-5-7-16)28-29(26(23)31)18-8-10-19(11-9-18)30(32)33/h3-11,14-15,28H,12-13H2,1-2H3. The first-order valence-corrected chi connectivity index (χ1v) is 11.0. The van der Waals surface area contributed by atoms with Crippen molar-refractivity contribution in [3.63, 3.8) is 0 Å². The number of non-ortho nitro benzene ring substituents is 1. The molecule has 1 N–H and O–H groups in total. The lowest BCUT2D eigenvalue weighted by molar-refractivity contribution is -0.384. The van der Waals surface area contributed by atoms with Crippen molar-refractivity contribution in [3.05, 3.63) is 104 Å². The van der Waals surface area contributed by atoms with Gasteiger partial charge in [0.05, 0.1) is 41.8 Å². The SMILES string of the molecule is COc1cc2c(cc1OC)C(c1c(-c3ccccc3)[nH]n(-c3ccc([N+](=O)[O-])cc3)c1=O)=NCC2. The number of methoxy groups -OCH3 is 2. The van der Waals surface area contributed by atoms with Crippen molar-refractivity contribution < 1.29 is 14.4 Å². The summed E-state index contributed by atoms with van der Waals surface area (Å²) < 4.78 is 12.4. The molecule has 0 aliphatic carbocycles. The molecule has 9 nitrogen and oxygen atoms in total. The zero-order chi connectivity index (χ0) is 24.5. The molecule has 2 heterocycles. The second kappa shape index (κ2) is 8.94. The van der Waals surface area contributed by atoms with Gasteiger partial charge in [0.1, 0.15) is 0 Å². The normalized spacial score (nSPS) is 12.6. The molecule has 3 aromatic carbocycles. The van der Waals surface area contributed by atoms with Gasteiger partial charge in [-0.05, 0) is 36.2 Å². The van der Waals surface area contributed by atoms with E-state index in [2.05, 4.69) is 5.10 Å². The molecule has 1 aliphatic rings. The molecule has 0 bridgehead atoms. The first-order chi connectivity index (χ1) is 17.0. The Labute approximate surface area is 200 Å². The van der Waals surface area contributed by atoms with Crippen LogP contribution < -0.4 is 15.0 Å². The minimum atomic E-state index is -0.475. The maximum atomic E-state index is 13.8. The maximum Gasteiger partial charge on any atom is 0.281 e. The Morgan fingerprint density at radius 2 is 1.69 bits per heavy atom. The van der Waals surface area contributed by atoms with Gasteiger partial charge in [-0.2, -0.15) is 0 Å². The number of hydrogen-bond acceptors (Lipinski definition) is 6. The molecule has 0 saturated heterocycles. The molecule has 176 valence electrons. The number of aromatic nitrogens is 2. The van der Waals surface area contributed by atoms with E-state index in [1.807, 2.05) is 42.5 Å². The molecule has 0 radical (unpaired) electrons. The van der Waals surface area contributed by atoms with Crippen molar-refractivity contribution in [2.75, 3.05) is 20.8 Å². The first-order valence-electron chi connectivity index (χ1n) is 11.0. The first kappa shape index (κ1) is 22.1. The molecule has 0 amide bonds. The third-order valence-electron chi connectivity index (χ3n) is 6.02. The number of benzene rings is 3. The van der Waals surface area contributed by atoms with E-state index in [4.69, 9.17) is 14.5 Å². The van der Waals surface area contributed by atoms with Crippen LogP contribution in [0.4, 0.5) is 5.69 Å². The van der Waals surface area contributed by atoms with Gasteiger partial charge in [-0.3, -0.25) is 25.0 Å². The summed E-state index contributed by atoms with van der Waals surface area (Å²) in [6, 6.07) is 19.1. The molecule has 1 aliphatic heterocycles. The fourth-order valence-electron chi connectivity index (χ4n) is 4.31. The van der Waals surface area contributed by atoms with Crippen LogP contribution in [0.15, 0.2) is 76.5 Å². The predicted octanol–water partition coefficient (Wildman–Crippen LogP) is 4.15. The van der Waals surface area contributed by atoms with Gasteiger partial charge in [-0.1, -0.05) is 30.3 Å². The number of nitrogens with one attached hydrogen (secondary N) is 1. The monoisotopic (exact) mass is 470 g/mol. The summed E-state index contributed by atoms with van der Waals surface area (Å²) in [5.41, 5.74) is 4.34. The summed E-state index contributed by atoms with van der Waals surface area (Å²) in [6.07, 6.45) is 0.709. The number of fused-ring (bicyclic) bond motifs is 1. The number of H-pyrrole nitrogens is 1. The molecule has 9 heteroatoms. The molecular formula is C26H22N4O5. The Hall–Kier alpha value is -4.66. The van der Waals surface area contributed by atoms with Crippen LogP contribution in [0.1, 0.15) is 16.7 Å². The molecule has 1 aromatic heterocycles. The van der Waals surface area contributed by atoms with Crippen molar-refractivity contribution >= 4 is 11.4 Å². The Bertz CT molecular complexity index is 1500. The number of aliphatic imine (C=N–C) groups is 1. The summed E-state index contributed by atoms with van der Waals surface area (Å²) in [5, 5.41) is 14.3. The summed E-state index contributed by atoms with van der Waals surface area (Å²) in [4.78, 5) is 29.2. The minimum Gasteiger partial charge on any atom is -0.493 e. The van der Waals surface area contributed by atoms with Crippen LogP contribution in [-0.4, -0.2) is 41.2 Å². The molecule has 0 fully saturated rings. The van der Waals surface area contributed by atoms with E-state index in [1.54, 1.807) is 26.4 Å². The average Bonchev–Trinajstić information content (AvgIpc) is 3.24. The number of nitro benzene ring substituents is 1. The van der Waals surface area contributed by atoms with Crippen LogP contribution in [0.3, 0.4) is 0 Å². The summed E-state index contributed by atoms with van der Waals surface area (Å²) in [5.74, 6) is 1.17. The molecule has 0 saturated carbocycles. The third-order valence-corrected chi connectivity index (χ3v) is 6.02. The quantitative estimate of drug-likeness (QED) is 0.336. The number of nitrogens with zero attached hydrogens (tertiary/aromatic N) is 3. The van der Waals surface area contributed by atoms with Crippen molar-refractivity contribution in [3.8, 4) is 28.4 Å². The Balaban J connectivity index is 1.73. The van der Waals surface area contributed by atoms with Crippen LogP contribution in [0.2, 0.25) is 0 Å². The van der Waals surface area contributed by atoms with Gasteiger partial charge in [0.15, 0.2) is 11.5 Å². The van der Waals surface area contributed by atoms with Gasteiger partial charge in [-0.25, -0.2) is 4.68 Å². The van der Waals surface area contributed by atoms with Crippen LogP contribution in [0, 0.1) is 10.1 Å². The van der Waals surface area contributed by atoms with Gasteiger partial charge in [0, 0.05) is 29.8 Å². The highest BCUT2D eigenvalue weighted by atomic mass is 16.6. The lowest BCUT2D eigenvalue weighted by Gasteiger charge is -2.19. The smallest absolute Gasteiger partial charge is 0.281 e. The highest BCUT2D eigenvalue weighted by Gasteiger charge is 2.27. The molecule has 0 spiro atoms. The zero-order valence-corrected chi connectivity index (χ0v) is 19.1. The van der Waals surface area contributed by atoms with Gasteiger partial charge in [0.2, 0.25) is 0 Å². The largest absolute Gasteiger partial charge is 0.493 e. The van der Waals surface area contributed by atoms with Gasteiger partial charge in [0.25, 0.3) is 11.2 Å². The molecule has 0 unspecified atom stereocenters. The summed E-state index contributed by atoms with van der Waals surface area (Å²) in [7, 11) is 3.15. The minimum absolute atomic E-state index is 0.0523. The molecular weight excluding hydrogens is 448 g/mol. The Morgan fingerprint density at radius 3 is 2.34 bits per heavy atom. The zero-order valence-electron chi connectivity index (χ0n) is 19.1. The van der Waals surface area contributed by atoms with Crippen LogP contribution in [0.5, 0.6) is 11.5 Å².